The molecule has 3 aliphatic heterocycles. The van der Waals surface area contributed by atoms with Crippen LogP contribution in [0.2, 0.25) is 0 Å². The zero-order valence-corrected chi connectivity index (χ0v) is 29.7. The van der Waals surface area contributed by atoms with E-state index in [1.807, 2.05) is 31.3 Å². The molecule has 10 heteroatoms. The van der Waals surface area contributed by atoms with Gasteiger partial charge in [-0.1, -0.05) is 56.3 Å². The summed E-state index contributed by atoms with van der Waals surface area (Å²) >= 11 is 0. The van der Waals surface area contributed by atoms with Gasteiger partial charge in [0.1, 0.15) is 6.23 Å². The van der Waals surface area contributed by atoms with Crippen molar-refractivity contribution >= 4 is 17.7 Å². The number of aryl methyl sites for hydroxylation is 1. The topological polar surface area (TPSA) is 121 Å². The number of rotatable bonds is 17. The van der Waals surface area contributed by atoms with Crippen LogP contribution in [0.3, 0.4) is 0 Å². The van der Waals surface area contributed by atoms with Gasteiger partial charge >= 0.3 is 0 Å². The van der Waals surface area contributed by atoms with E-state index in [0.717, 1.165) is 42.5 Å². The van der Waals surface area contributed by atoms with E-state index >= 15 is 0 Å². The Hall–Kier alpha value is -3.15. The van der Waals surface area contributed by atoms with Crippen molar-refractivity contribution in [3.63, 3.8) is 0 Å². The molecule has 1 aromatic carbocycles. The van der Waals surface area contributed by atoms with Crippen molar-refractivity contribution in [1.29, 1.82) is 0 Å². The Morgan fingerprint density at radius 1 is 1.15 bits per heavy atom. The minimum atomic E-state index is -0.549. The largest absolute Gasteiger partial charge is 0.391 e. The van der Waals surface area contributed by atoms with E-state index in [1.54, 1.807) is 14.0 Å². The fourth-order valence-corrected chi connectivity index (χ4v) is 7.11. The first-order valence-corrected chi connectivity index (χ1v) is 17.3. The first kappa shape index (κ1) is 37.7. The van der Waals surface area contributed by atoms with Gasteiger partial charge in [-0.25, -0.2) is 0 Å². The SMILES string of the molecule is CO[C@H]([C@@H](C)[C@H]1O[C@]1(C)C[C@H](C)/C=C/C=C(\C)[C@H]1O[C@@H](CC(=O)NCc2ccc(CCCN3C(=O)C=CC3=O)cc2)CCN1C)[C@@H](C)O. The number of aliphatic hydroxyl groups is 1. The summed E-state index contributed by atoms with van der Waals surface area (Å²) < 4.78 is 18.0. The van der Waals surface area contributed by atoms with Crippen molar-refractivity contribution in [3.05, 3.63) is 71.3 Å². The number of likely N-dealkylation sites (N-methyl/N-ethyl adjacent to an activating group) is 1. The number of allylic oxidation sites excluding steroid dienone is 3. The molecule has 2 saturated heterocycles. The predicted octanol–water partition coefficient (Wildman–Crippen LogP) is 4.32. The van der Waals surface area contributed by atoms with Crippen molar-refractivity contribution in [3.8, 4) is 0 Å². The van der Waals surface area contributed by atoms with Gasteiger partial charge < -0.3 is 24.6 Å². The number of imide groups is 1. The molecule has 2 fully saturated rings. The van der Waals surface area contributed by atoms with Crippen LogP contribution in [0.5, 0.6) is 0 Å². The Labute approximate surface area is 286 Å². The molecule has 0 spiro atoms. The molecule has 3 aliphatic rings. The molecular formula is C38H55N3O7. The summed E-state index contributed by atoms with van der Waals surface area (Å²) in [5.74, 6) is -0.129. The Balaban J connectivity index is 1.18. The van der Waals surface area contributed by atoms with Crippen LogP contribution in [0.1, 0.15) is 71.4 Å². The summed E-state index contributed by atoms with van der Waals surface area (Å²) in [7, 11) is 3.68. The lowest BCUT2D eigenvalue weighted by molar-refractivity contribution is -0.137. The van der Waals surface area contributed by atoms with Gasteiger partial charge in [0.2, 0.25) is 5.91 Å². The molecule has 0 aliphatic carbocycles. The molecule has 0 bridgehead atoms. The van der Waals surface area contributed by atoms with Crippen LogP contribution in [0, 0.1) is 11.8 Å². The second kappa shape index (κ2) is 17.0. The van der Waals surface area contributed by atoms with Gasteiger partial charge in [0, 0.05) is 44.8 Å². The molecule has 2 N–H and O–H groups in total. The van der Waals surface area contributed by atoms with Crippen molar-refractivity contribution in [2.45, 2.75) is 110 Å². The quantitative estimate of drug-likeness (QED) is 0.144. The number of hydrogen-bond acceptors (Lipinski definition) is 8. The molecule has 3 amide bonds. The van der Waals surface area contributed by atoms with Crippen LogP contribution in [-0.4, -0.2) is 96.1 Å². The van der Waals surface area contributed by atoms with Crippen LogP contribution < -0.4 is 5.32 Å². The Morgan fingerprint density at radius 2 is 1.81 bits per heavy atom. The van der Waals surface area contributed by atoms with E-state index in [-0.39, 0.29) is 53.8 Å². The third-order valence-corrected chi connectivity index (χ3v) is 9.80. The zero-order chi connectivity index (χ0) is 35.0. The molecule has 48 heavy (non-hydrogen) atoms. The van der Waals surface area contributed by atoms with Gasteiger partial charge in [-0.15, -0.1) is 0 Å². The van der Waals surface area contributed by atoms with Gasteiger partial charge in [0.25, 0.3) is 11.8 Å². The van der Waals surface area contributed by atoms with Crippen LogP contribution in [0.4, 0.5) is 0 Å². The number of aliphatic hydroxyl groups excluding tert-OH is 1. The second-order valence-corrected chi connectivity index (χ2v) is 14.1. The first-order valence-electron chi connectivity index (χ1n) is 17.3. The normalized spacial score (nSPS) is 27.4. The average Bonchev–Trinajstić information content (AvgIpc) is 3.61. The fourth-order valence-electron chi connectivity index (χ4n) is 7.11. The molecule has 3 heterocycles. The molecule has 4 rings (SSSR count). The van der Waals surface area contributed by atoms with Crippen LogP contribution in [0.25, 0.3) is 0 Å². The monoisotopic (exact) mass is 665 g/mol. The predicted molar refractivity (Wildman–Crippen MR) is 185 cm³/mol. The number of benzene rings is 1. The Morgan fingerprint density at radius 3 is 2.46 bits per heavy atom. The maximum atomic E-state index is 12.8. The summed E-state index contributed by atoms with van der Waals surface area (Å²) in [6.07, 6.45) is 11.3. The van der Waals surface area contributed by atoms with Crippen LogP contribution in [-0.2, 0) is 41.6 Å². The zero-order valence-electron chi connectivity index (χ0n) is 29.7. The number of hydrogen-bond donors (Lipinski definition) is 2. The summed E-state index contributed by atoms with van der Waals surface area (Å²) in [6.45, 7) is 11.9. The Bertz CT molecular complexity index is 1340. The van der Waals surface area contributed by atoms with E-state index < -0.39 is 6.10 Å². The van der Waals surface area contributed by atoms with E-state index in [4.69, 9.17) is 14.2 Å². The number of carbonyl (C=O) groups is 3. The summed E-state index contributed by atoms with van der Waals surface area (Å²) in [6, 6.07) is 8.05. The number of ether oxygens (including phenoxy) is 3. The van der Waals surface area contributed by atoms with Gasteiger partial charge in [0.15, 0.2) is 0 Å². The minimum Gasteiger partial charge on any atom is -0.391 e. The molecule has 0 aromatic heterocycles. The lowest BCUT2D eigenvalue weighted by atomic mass is 9.86. The van der Waals surface area contributed by atoms with Crippen molar-refractivity contribution < 1.29 is 33.7 Å². The highest BCUT2D eigenvalue weighted by molar-refractivity contribution is 6.12. The van der Waals surface area contributed by atoms with Crippen molar-refractivity contribution in [2.75, 3.05) is 27.2 Å². The van der Waals surface area contributed by atoms with Crippen molar-refractivity contribution in [2.24, 2.45) is 11.8 Å². The highest BCUT2D eigenvalue weighted by Gasteiger charge is 2.56. The van der Waals surface area contributed by atoms with Crippen molar-refractivity contribution in [1.82, 2.24) is 15.1 Å². The number of epoxide rings is 1. The molecular weight excluding hydrogens is 610 g/mol. The molecule has 1 aromatic rings. The summed E-state index contributed by atoms with van der Waals surface area (Å²) in [5, 5.41) is 13.1. The number of nitrogens with zero attached hydrogens (tertiary/aromatic N) is 2. The summed E-state index contributed by atoms with van der Waals surface area (Å²) in [4.78, 5) is 39.6. The minimum absolute atomic E-state index is 0.0371. The molecule has 0 unspecified atom stereocenters. The molecule has 264 valence electrons. The van der Waals surface area contributed by atoms with E-state index in [1.165, 1.54) is 17.1 Å². The van der Waals surface area contributed by atoms with E-state index in [2.05, 4.69) is 56.1 Å². The van der Waals surface area contributed by atoms with Gasteiger partial charge in [0.05, 0.1) is 36.4 Å². The molecule has 0 saturated carbocycles. The highest BCUT2D eigenvalue weighted by Crippen LogP contribution is 2.47. The molecule has 10 nitrogen and oxygen atoms in total. The molecule has 8 atom stereocenters. The van der Waals surface area contributed by atoms with Gasteiger partial charge in [-0.05, 0) is 76.1 Å². The van der Waals surface area contributed by atoms with Gasteiger partial charge in [-0.3, -0.25) is 24.2 Å². The first-order chi connectivity index (χ1) is 22.8. The fraction of sp³-hybridized carbons (Fsp3) is 0.605. The summed E-state index contributed by atoms with van der Waals surface area (Å²) in [5.41, 5.74) is 2.99. The number of amides is 3. The lowest BCUT2D eigenvalue weighted by Gasteiger charge is -2.37. The highest BCUT2D eigenvalue weighted by atomic mass is 16.6. The third kappa shape index (κ3) is 10.2. The smallest absolute Gasteiger partial charge is 0.253 e. The van der Waals surface area contributed by atoms with E-state index in [0.29, 0.717) is 31.8 Å². The maximum absolute atomic E-state index is 12.8. The van der Waals surface area contributed by atoms with Crippen LogP contribution >= 0.6 is 0 Å². The van der Waals surface area contributed by atoms with Gasteiger partial charge in [-0.2, -0.15) is 0 Å². The number of nitrogens with one attached hydrogen (secondary N) is 1. The molecule has 0 radical (unpaired) electrons. The Kier molecular flexibility index (Phi) is 13.3. The number of carbonyl (C=O) groups excluding carboxylic acids is 3. The van der Waals surface area contributed by atoms with Crippen LogP contribution in [0.15, 0.2) is 60.2 Å². The third-order valence-electron chi connectivity index (χ3n) is 9.80. The average molecular weight is 666 g/mol. The van der Waals surface area contributed by atoms with E-state index in [9.17, 15) is 19.5 Å². The maximum Gasteiger partial charge on any atom is 0.253 e. The lowest BCUT2D eigenvalue weighted by Crippen LogP contribution is -2.46. The standard InChI is InChI=1S/C38H55N3O7/c1-25(23-38(5)36(48-38)27(3)35(46-7)28(4)42)10-8-11-26(2)37-40(6)21-19-31(47-37)22-32(43)39-24-30-15-13-29(14-16-30)12-9-20-41-33(44)17-18-34(41)45/h8,10-11,13-18,25,27-28,31,35-37,42H,9,12,19-24H2,1-7H3,(H,39,43)/b10-8+,26-11+/t25-,27-,28-,31-,35-,36-,37-,38-/m1/s1. The number of methoxy groups -OCH3 is 1. The second-order valence-electron chi connectivity index (χ2n) is 14.1.